The van der Waals surface area contributed by atoms with Crippen molar-refractivity contribution in [2.24, 2.45) is 5.92 Å². The normalized spacial score (nSPS) is 19.6. The van der Waals surface area contributed by atoms with Crippen molar-refractivity contribution < 1.29 is 46.6 Å². The Labute approximate surface area is 350 Å². The number of hydrogen-bond acceptors (Lipinski definition) is 9. The zero-order valence-electron chi connectivity index (χ0n) is 34.4. The van der Waals surface area contributed by atoms with Crippen molar-refractivity contribution in [1.29, 1.82) is 0 Å². The molecule has 2 unspecified atom stereocenters. The van der Waals surface area contributed by atoms with E-state index in [9.17, 15) is 32.3 Å². The molecule has 1 aliphatic carbocycles. The lowest BCUT2D eigenvalue weighted by atomic mass is 9.96. The van der Waals surface area contributed by atoms with Crippen LogP contribution in [0.5, 0.6) is 0 Å². The maximum Gasteiger partial charge on any atom is 0.436 e. The lowest BCUT2D eigenvalue weighted by Gasteiger charge is -2.31. The Kier molecular flexibility index (Phi) is 12.9. The topological polar surface area (TPSA) is 184 Å². The molecule has 0 spiro atoms. The van der Waals surface area contributed by atoms with Gasteiger partial charge in [-0.2, -0.15) is 13.2 Å². The largest absolute Gasteiger partial charge is 0.453 e. The molecule has 0 radical (unpaired) electrons. The maximum atomic E-state index is 14.3. The van der Waals surface area contributed by atoms with E-state index in [1.165, 1.54) is 19.1 Å². The van der Waals surface area contributed by atoms with E-state index < -0.39 is 59.9 Å². The van der Waals surface area contributed by atoms with Gasteiger partial charge in [0.1, 0.15) is 29.4 Å². The lowest BCUT2D eigenvalue weighted by molar-refractivity contribution is -0.141. The molecular weight excluding hydrogens is 798 g/mol. The summed E-state index contributed by atoms with van der Waals surface area (Å²) in [7, 11) is 3.82. The molecule has 4 amide bonds. The Balaban J connectivity index is 1.08. The second-order valence-corrected chi connectivity index (χ2v) is 15.6. The number of ether oxygens (including phenoxy) is 3. The summed E-state index contributed by atoms with van der Waals surface area (Å²) >= 11 is 0. The van der Waals surface area contributed by atoms with Crippen LogP contribution in [0.3, 0.4) is 0 Å². The first-order valence-corrected chi connectivity index (χ1v) is 20.4. The van der Waals surface area contributed by atoms with Gasteiger partial charge in [-0.05, 0) is 86.3 Å². The Hall–Kier alpha value is -6.09. The minimum absolute atomic E-state index is 0.0515. The first kappa shape index (κ1) is 43.0. The van der Waals surface area contributed by atoms with E-state index in [0.29, 0.717) is 30.8 Å². The average molecular weight is 847 g/mol. The van der Waals surface area contributed by atoms with Crippen molar-refractivity contribution in [3.63, 3.8) is 0 Å². The van der Waals surface area contributed by atoms with Crippen LogP contribution in [0.25, 0.3) is 22.0 Å². The number of hydrogen-bond donors (Lipinski definition) is 4. The van der Waals surface area contributed by atoms with Gasteiger partial charge in [0.05, 0.1) is 44.3 Å². The molecule has 4 N–H and O–H groups in total. The van der Waals surface area contributed by atoms with Gasteiger partial charge >= 0.3 is 18.4 Å². The number of halogens is 3. The summed E-state index contributed by atoms with van der Waals surface area (Å²) in [5, 5.41) is 6.92. The maximum absolute atomic E-state index is 14.3. The highest BCUT2D eigenvalue weighted by Gasteiger charge is 2.43. The standard InChI is InChI=1S/C43H49F3N8O7/c1-24(59-2)34(50-41(57)60-3)39(55)54-20-8-12-33(54)38-48-30(36(52-38)43(44,45)46)18-14-25-13-15-28-22-29(17-16-27(28)21-25)31-23-47-37(49-31)32-11-7-19-53(32)40(56)35(51-42(58)61-4)26-9-5-6-10-26/h13,15-17,21-24,26,32-35H,5-12,19-20H2,1-4H3,(H,47,49)(H,48,52)(H,50,57)(H,51,58)/t24-,32?,33?,34+,35+/m1/s1. The Morgan fingerprint density at radius 1 is 0.803 bits per heavy atom. The highest BCUT2D eigenvalue weighted by atomic mass is 19.4. The predicted octanol–water partition coefficient (Wildman–Crippen LogP) is 6.37. The molecule has 5 atom stereocenters. The van der Waals surface area contributed by atoms with Crippen LogP contribution in [0, 0.1) is 17.8 Å². The van der Waals surface area contributed by atoms with Gasteiger partial charge in [-0.15, -0.1) is 0 Å². The number of aromatic amines is 2. The third-order valence-electron chi connectivity index (χ3n) is 11.9. The monoisotopic (exact) mass is 846 g/mol. The summed E-state index contributed by atoms with van der Waals surface area (Å²) < 4.78 is 57.7. The van der Waals surface area contributed by atoms with Gasteiger partial charge in [0, 0.05) is 31.3 Å². The second kappa shape index (κ2) is 18.3. The van der Waals surface area contributed by atoms with E-state index in [2.05, 4.69) is 47.1 Å². The van der Waals surface area contributed by atoms with E-state index in [-0.39, 0.29) is 30.2 Å². The molecule has 2 aromatic carbocycles. The Morgan fingerprint density at radius 3 is 2.11 bits per heavy atom. The van der Waals surface area contributed by atoms with Crippen LogP contribution in [0.2, 0.25) is 0 Å². The van der Waals surface area contributed by atoms with Gasteiger partial charge in [-0.25, -0.2) is 19.6 Å². The first-order chi connectivity index (χ1) is 29.3. The zero-order chi connectivity index (χ0) is 43.4. The van der Waals surface area contributed by atoms with Gasteiger partial charge in [-0.3, -0.25) is 9.59 Å². The number of rotatable bonds is 10. The van der Waals surface area contributed by atoms with E-state index in [1.807, 2.05) is 29.2 Å². The number of carbonyl (C=O) groups excluding carboxylic acids is 4. The summed E-state index contributed by atoms with van der Waals surface area (Å²) in [6, 6.07) is 8.19. The predicted molar refractivity (Wildman–Crippen MR) is 216 cm³/mol. The third-order valence-corrected chi connectivity index (χ3v) is 11.9. The number of alkyl halides is 3. The molecule has 4 heterocycles. The molecule has 2 aliphatic heterocycles. The molecule has 2 aromatic heterocycles. The fourth-order valence-corrected chi connectivity index (χ4v) is 8.67. The van der Waals surface area contributed by atoms with Gasteiger partial charge in [-0.1, -0.05) is 37.0 Å². The summed E-state index contributed by atoms with van der Waals surface area (Å²) in [5.74, 6) is 5.45. The molecule has 1 saturated carbocycles. The number of amides is 4. The molecule has 0 bridgehead atoms. The average Bonchev–Trinajstić information content (AvgIpc) is 4.12. The highest BCUT2D eigenvalue weighted by molar-refractivity contribution is 5.89. The number of methoxy groups -OCH3 is 3. The van der Waals surface area contributed by atoms with Crippen molar-refractivity contribution in [3.05, 3.63) is 71.2 Å². The number of carbonyl (C=O) groups is 4. The number of H-pyrrole nitrogens is 2. The van der Waals surface area contributed by atoms with Gasteiger partial charge in [0.2, 0.25) is 11.8 Å². The molecule has 4 aromatic rings. The molecule has 18 heteroatoms. The third kappa shape index (κ3) is 9.31. The van der Waals surface area contributed by atoms with Crippen LogP contribution in [0.15, 0.2) is 42.6 Å². The molecule has 324 valence electrons. The first-order valence-electron chi connectivity index (χ1n) is 20.4. The summed E-state index contributed by atoms with van der Waals surface area (Å²) in [6.45, 7) is 2.38. The van der Waals surface area contributed by atoms with Gasteiger partial charge < -0.3 is 44.6 Å². The van der Waals surface area contributed by atoms with Gasteiger partial charge in [0.25, 0.3) is 0 Å². The van der Waals surface area contributed by atoms with Crippen LogP contribution in [-0.4, -0.2) is 106 Å². The van der Waals surface area contributed by atoms with Crippen molar-refractivity contribution in [1.82, 2.24) is 40.4 Å². The molecule has 61 heavy (non-hydrogen) atoms. The summed E-state index contributed by atoms with van der Waals surface area (Å²) in [5.41, 5.74) is 0.448. The quantitative estimate of drug-likeness (QED) is 0.132. The number of nitrogens with one attached hydrogen (secondary N) is 4. The van der Waals surface area contributed by atoms with Crippen LogP contribution < -0.4 is 10.6 Å². The van der Waals surface area contributed by atoms with Crippen LogP contribution in [0.1, 0.15) is 99.0 Å². The van der Waals surface area contributed by atoms with Gasteiger partial charge in [0.15, 0.2) is 5.69 Å². The SMILES string of the molecule is COC(=O)N[C@H](C(=O)N1CCCC1c1ncc(-c2ccc3cc(C#Cc4[nH]c(C5CCCN5C(=O)[C@@H](NC(=O)OC)[C@@H](C)OC)nc4C(F)(F)F)ccc3c2)[nH]1)C1CCCC1. The van der Waals surface area contributed by atoms with E-state index >= 15 is 0 Å². The highest BCUT2D eigenvalue weighted by Crippen LogP contribution is 2.38. The molecule has 15 nitrogen and oxygen atoms in total. The summed E-state index contributed by atoms with van der Waals surface area (Å²) in [4.78, 5) is 69.7. The molecule has 3 fully saturated rings. The molecule has 7 rings (SSSR count). The number of benzene rings is 2. The van der Waals surface area contributed by atoms with E-state index in [0.717, 1.165) is 67.7 Å². The molecule has 2 saturated heterocycles. The summed E-state index contributed by atoms with van der Waals surface area (Å²) in [6.07, 6.45) is 0.807. The number of imidazole rings is 2. The Morgan fingerprint density at radius 2 is 1.44 bits per heavy atom. The van der Waals surface area contributed by atoms with Crippen LogP contribution in [-0.2, 0) is 30.0 Å². The number of likely N-dealkylation sites (tertiary alicyclic amines) is 2. The van der Waals surface area contributed by atoms with E-state index in [4.69, 9.17) is 9.47 Å². The number of nitrogens with zero attached hydrogens (tertiary/aromatic N) is 4. The van der Waals surface area contributed by atoms with Crippen molar-refractivity contribution in [2.45, 2.75) is 94.7 Å². The van der Waals surface area contributed by atoms with Crippen LogP contribution >= 0.6 is 0 Å². The minimum Gasteiger partial charge on any atom is -0.453 e. The number of alkyl carbamates (subject to hydrolysis) is 2. The zero-order valence-corrected chi connectivity index (χ0v) is 34.4. The minimum atomic E-state index is -4.83. The lowest BCUT2D eigenvalue weighted by Crippen LogP contribution is -2.54. The van der Waals surface area contributed by atoms with Crippen molar-refractivity contribution >= 4 is 34.8 Å². The number of aromatic nitrogens is 4. The number of fused-ring (bicyclic) bond motifs is 1. The fourth-order valence-electron chi connectivity index (χ4n) is 8.67. The van der Waals surface area contributed by atoms with Crippen molar-refractivity contribution in [3.8, 4) is 23.1 Å². The Bertz CT molecular complexity index is 2330. The fraction of sp³-hybridized carbons (Fsp3) is 0.488. The van der Waals surface area contributed by atoms with E-state index in [1.54, 1.807) is 25.3 Å². The van der Waals surface area contributed by atoms with Crippen molar-refractivity contribution in [2.75, 3.05) is 34.4 Å². The second-order valence-electron chi connectivity index (χ2n) is 15.6. The van der Waals surface area contributed by atoms with Crippen LogP contribution in [0.4, 0.5) is 22.8 Å². The smallest absolute Gasteiger partial charge is 0.436 e. The molecule has 3 aliphatic rings. The molecular formula is C43H49F3N8O7.